The smallest absolute Gasteiger partial charge is 0.332 e. The van der Waals surface area contributed by atoms with Crippen molar-refractivity contribution in [1.29, 1.82) is 0 Å². The van der Waals surface area contributed by atoms with Gasteiger partial charge in [0.2, 0.25) is 5.91 Å². The minimum Gasteiger partial charge on any atom is -0.464 e. The summed E-state index contributed by atoms with van der Waals surface area (Å²) in [5.74, 6) is -1.60. The molecule has 1 heterocycles. The highest BCUT2D eigenvalue weighted by Gasteiger charge is 2.50. The Hall–Kier alpha value is -1.66. The second-order valence-corrected chi connectivity index (χ2v) is 6.39. The number of hydrogen-bond acceptors (Lipinski definition) is 4. The number of piperidine rings is 1. The summed E-state index contributed by atoms with van der Waals surface area (Å²) in [7, 11) is 1.93. The lowest BCUT2D eigenvalue weighted by molar-refractivity contribution is -0.153. The summed E-state index contributed by atoms with van der Waals surface area (Å²) >= 11 is 6.16. The van der Waals surface area contributed by atoms with E-state index in [-0.39, 0.29) is 17.3 Å². The molecule has 2 rings (SSSR count). The third-order valence-corrected chi connectivity index (χ3v) is 4.68. The van der Waals surface area contributed by atoms with Crippen LogP contribution in [0.5, 0.6) is 0 Å². The van der Waals surface area contributed by atoms with E-state index in [9.17, 15) is 14.0 Å². The monoisotopic (exact) mass is 356 g/mol. The van der Waals surface area contributed by atoms with Crippen LogP contribution in [0, 0.1) is 5.82 Å². The predicted octanol–water partition coefficient (Wildman–Crippen LogP) is 2.86. The first kappa shape index (κ1) is 18.7. The molecule has 1 fully saturated rings. The normalized spacial score (nSPS) is 17.4. The zero-order valence-corrected chi connectivity index (χ0v) is 14.9. The van der Waals surface area contributed by atoms with E-state index >= 15 is 0 Å². The van der Waals surface area contributed by atoms with Crippen molar-refractivity contribution in [1.82, 2.24) is 4.90 Å². The van der Waals surface area contributed by atoms with Crippen molar-refractivity contribution < 1.29 is 18.7 Å². The number of para-hydroxylation sites is 1. The summed E-state index contributed by atoms with van der Waals surface area (Å²) in [6.07, 6.45) is 0.707. The van der Waals surface area contributed by atoms with Crippen LogP contribution in [0.3, 0.4) is 0 Å². The third-order valence-electron chi connectivity index (χ3n) is 4.37. The molecular formula is C17H22ClFN2O3. The molecule has 5 nitrogen and oxygen atoms in total. The number of ether oxygens (including phenoxy) is 1. The Bertz CT molecular complexity index is 610. The minimum atomic E-state index is -1.25. The van der Waals surface area contributed by atoms with Gasteiger partial charge in [0.05, 0.1) is 17.3 Å². The zero-order valence-electron chi connectivity index (χ0n) is 14.1. The lowest BCUT2D eigenvalue weighted by Gasteiger charge is -2.45. The first-order chi connectivity index (χ1) is 11.3. The van der Waals surface area contributed by atoms with E-state index < -0.39 is 23.2 Å². The van der Waals surface area contributed by atoms with Crippen LogP contribution in [-0.2, 0) is 14.3 Å². The third kappa shape index (κ3) is 3.39. The number of carbonyl (C=O) groups excluding carboxylic acids is 2. The Balaban J connectivity index is 2.59. The lowest BCUT2D eigenvalue weighted by Crippen LogP contribution is -2.62. The number of carbonyl (C=O) groups is 2. The van der Waals surface area contributed by atoms with Crippen molar-refractivity contribution in [2.75, 3.05) is 31.6 Å². The number of benzene rings is 1. The lowest BCUT2D eigenvalue weighted by atomic mass is 9.84. The number of nitrogens with zero attached hydrogens (tertiary/aromatic N) is 2. The van der Waals surface area contributed by atoms with E-state index in [0.29, 0.717) is 25.9 Å². The Morgan fingerprint density at radius 3 is 2.50 bits per heavy atom. The second kappa shape index (κ2) is 7.49. The predicted molar refractivity (Wildman–Crippen MR) is 90.7 cm³/mol. The number of hydrogen-bond donors (Lipinski definition) is 0. The molecule has 0 unspecified atom stereocenters. The van der Waals surface area contributed by atoms with E-state index in [1.54, 1.807) is 6.92 Å². The average Bonchev–Trinajstić information content (AvgIpc) is 2.52. The fraction of sp³-hybridized carbons (Fsp3) is 0.529. The van der Waals surface area contributed by atoms with Gasteiger partial charge in [0.1, 0.15) is 11.4 Å². The molecule has 1 amide bonds. The Morgan fingerprint density at radius 1 is 1.38 bits per heavy atom. The summed E-state index contributed by atoms with van der Waals surface area (Å²) in [5, 5.41) is 0.0906. The van der Waals surface area contributed by atoms with Gasteiger partial charge in [0, 0.05) is 20.0 Å². The maximum atomic E-state index is 14.5. The van der Waals surface area contributed by atoms with Gasteiger partial charge in [0.15, 0.2) is 0 Å². The first-order valence-corrected chi connectivity index (χ1v) is 8.32. The Kier molecular flexibility index (Phi) is 5.83. The van der Waals surface area contributed by atoms with Crippen LogP contribution in [0.1, 0.15) is 26.7 Å². The van der Waals surface area contributed by atoms with Crippen LogP contribution >= 0.6 is 11.6 Å². The SMILES string of the molecule is CCOC(=O)C1(N(C(C)=O)c2c(F)cccc2Cl)CCN(C)CC1. The molecule has 1 aromatic carbocycles. The number of rotatable bonds is 4. The molecule has 1 aromatic rings. The summed E-state index contributed by atoms with van der Waals surface area (Å²) in [4.78, 5) is 28.4. The maximum absolute atomic E-state index is 14.5. The fourth-order valence-corrected chi connectivity index (χ4v) is 3.40. The molecule has 1 saturated heterocycles. The van der Waals surface area contributed by atoms with Crippen molar-refractivity contribution in [3.63, 3.8) is 0 Å². The van der Waals surface area contributed by atoms with Crippen molar-refractivity contribution in [3.05, 3.63) is 29.0 Å². The minimum absolute atomic E-state index is 0.0655. The van der Waals surface area contributed by atoms with Crippen molar-refractivity contribution in [2.24, 2.45) is 0 Å². The molecule has 1 aliphatic heterocycles. The number of esters is 1. The molecule has 0 saturated carbocycles. The summed E-state index contributed by atoms with van der Waals surface area (Å²) < 4.78 is 19.7. The van der Waals surface area contributed by atoms with E-state index in [4.69, 9.17) is 16.3 Å². The molecule has 0 bridgehead atoms. The molecule has 7 heteroatoms. The van der Waals surface area contributed by atoms with Crippen LogP contribution < -0.4 is 4.90 Å². The van der Waals surface area contributed by atoms with Gasteiger partial charge >= 0.3 is 5.97 Å². The quantitative estimate of drug-likeness (QED) is 0.778. The molecule has 24 heavy (non-hydrogen) atoms. The van der Waals surface area contributed by atoms with Crippen LogP contribution in [0.15, 0.2) is 18.2 Å². The van der Waals surface area contributed by atoms with E-state index in [0.717, 1.165) is 0 Å². The maximum Gasteiger partial charge on any atom is 0.332 e. The summed E-state index contributed by atoms with van der Waals surface area (Å²) in [6.45, 7) is 4.38. The molecule has 0 radical (unpaired) electrons. The van der Waals surface area contributed by atoms with Gasteiger partial charge < -0.3 is 9.64 Å². The number of halogens is 2. The van der Waals surface area contributed by atoms with Gasteiger partial charge in [0.25, 0.3) is 0 Å². The molecule has 1 aliphatic rings. The first-order valence-electron chi connectivity index (χ1n) is 7.94. The Labute approximate surface area is 146 Å². The summed E-state index contributed by atoms with van der Waals surface area (Å²) in [6, 6.07) is 4.19. The molecule has 0 N–H and O–H groups in total. The molecular weight excluding hydrogens is 335 g/mol. The number of amides is 1. The van der Waals surface area contributed by atoms with Crippen molar-refractivity contribution >= 4 is 29.2 Å². The van der Waals surface area contributed by atoms with Crippen molar-refractivity contribution in [2.45, 2.75) is 32.2 Å². The molecule has 0 aliphatic carbocycles. The topological polar surface area (TPSA) is 49.9 Å². The van der Waals surface area contributed by atoms with E-state index in [1.165, 1.54) is 30.0 Å². The number of anilines is 1. The van der Waals surface area contributed by atoms with Gasteiger partial charge in [-0.05, 0) is 38.9 Å². The van der Waals surface area contributed by atoms with E-state index in [1.807, 2.05) is 7.05 Å². The van der Waals surface area contributed by atoms with Gasteiger partial charge in [-0.1, -0.05) is 17.7 Å². The van der Waals surface area contributed by atoms with Crippen LogP contribution in [0.4, 0.5) is 10.1 Å². The largest absolute Gasteiger partial charge is 0.464 e. The van der Waals surface area contributed by atoms with Crippen LogP contribution in [-0.4, -0.2) is 49.1 Å². The molecule has 0 aromatic heterocycles. The van der Waals surface area contributed by atoms with Gasteiger partial charge in [-0.15, -0.1) is 0 Å². The van der Waals surface area contributed by atoms with Gasteiger partial charge in [-0.3, -0.25) is 9.69 Å². The molecule has 0 atom stereocenters. The van der Waals surface area contributed by atoms with Crippen LogP contribution in [0.2, 0.25) is 5.02 Å². The highest BCUT2D eigenvalue weighted by Crippen LogP contribution is 2.39. The number of likely N-dealkylation sites (tertiary alicyclic amines) is 1. The zero-order chi connectivity index (χ0) is 17.9. The second-order valence-electron chi connectivity index (χ2n) is 5.98. The van der Waals surface area contributed by atoms with Crippen molar-refractivity contribution in [3.8, 4) is 0 Å². The van der Waals surface area contributed by atoms with E-state index in [2.05, 4.69) is 4.90 Å². The van der Waals surface area contributed by atoms with Gasteiger partial charge in [-0.2, -0.15) is 0 Å². The summed E-state index contributed by atoms with van der Waals surface area (Å²) in [5.41, 5.74) is -1.32. The van der Waals surface area contributed by atoms with Gasteiger partial charge in [-0.25, -0.2) is 9.18 Å². The molecule has 0 spiro atoms. The van der Waals surface area contributed by atoms with Crippen LogP contribution in [0.25, 0.3) is 0 Å². The highest BCUT2D eigenvalue weighted by atomic mass is 35.5. The standard InChI is InChI=1S/C17H22ClFN2O3/c1-4-24-16(23)17(8-10-20(3)11-9-17)21(12(2)22)15-13(18)6-5-7-14(15)19/h5-7H,4,8-11H2,1-3H3. The fourth-order valence-electron chi connectivity index (χ4n) is 3.15. The Morgan fingerprint density at radius 2 is 2.00 bits per heavy atom. The highest BCUT2D eigenvalue weighted by molar-refractivity contribution is 6.34. The average molecular weight is 357 g/mol. The molecule has 132 valence electrons.